The van der Waals surface area contributed by atoms with Crippen molar-refractivity contribution in [3.63, 3.8) is 0 Å². The normalized spacial score (nSPS) is 9.85. The maximum Gasteiger partial charge on any atom is 0.314 e. The van der Waals surface area contributed by atoms with Gasteiger partial charge >= 0.3 is 5.69 Å². The van der Waals surface area contributed by atoms with Gasteiger partial charge in [-0.2, -0.15) is 0 Å². The van der Waals surface area contributed by atoms with Crippen molar-refractivity contribution in [3.05, 3.63) is 58.1 Å². The molecule has 0 saturated carbocycles. The Kier molecular flexibility index (Phi) is 3.95. The van der Waals surface area contributed by atoms with Gasteiger partial charge in [-0.05, 0) is 24.3 Å². The van der Waals surface area contributed by atoms with Crippen LogP contribution in [0, 0.1) is 10.1 Å². The molecule has 0 aromatic heterocycles. The Morgan fingerprint density at radius 1 is 1.15 bits per heavy atom. The number of rotatable bonds is 5. The smallest absolute Gasteiger partial charge is 0.314 e. The molecule has 2 aromatic rings. The van der Waals surface area contributed by atoms with Gasteiger partial charge in [0.25, 0.3) is 0 Å². The Morgan fingerprint density at radius 3 is 2.55 bits per heavy atom. The number of methoxy groups -OCH3 is 1. The second kappa shape index (κ2) is 5.83. The quantitative estimate of drug-likeness (QED) is 0.475. The number of carbonyl (C=O) groups is 1. The largest absolute Gasteiger partial charge is 0.490 e. The summed E-state index contributed by atoms with van der Waals surface area (Å²) in [6.07, 6.45) is 0.660. The minimum atomic E-state index is -0.558. The summed E-state index contributed by atoms with van der Waals surface area (Å²) in [5.41, 5.74) is 0.166. The van der Waals surface area contributed by atoms with E-state index >= 15 is 0 Å². The molecule has 0 atom stereocenters. The summed E-state index contributed by atoms with van der Waals surface area (Å²) in [5.74, 6) is 0.736. The molecule has 2 aromatic carbocycles. The lowest BCUT2D eigenvalue weighted by Crippen LogP contribution is -1.95. The summed E-state index contributed by atoms with van der Waals surface area (Å²) >= 11 is 0. The Labute approximate surface area is 114 Å². The van der Waals surface area contributed by atoms with Crippen LogP contribution in [-0.4, -0.2) is 18.3 Å². The predicted octanol–water partition coefficient (Wildman–Crippen LogP) is 3.21. The molecule has 0 amide bonds. The van der Waals surface area contributed by atoms with Crippen molar-refractivity contribution in [2.24, 2.45) is 0 Å². The fourth-order valence-corrected chi connectivity index (χ4v) is 1.67. The van der Waals surface area contributed by atoms with Crippen LogP contribution < -0.4 is 9.47 Å². The third-order valence-electron chi connectivity index (χ3n) is 2.62. The highest BCUT2D eigenvalue weighted by atomic mass is 16.6. The monoisotopic (exact) mass is 273 g/mol. The van der Waals surface area contributed by atoms with Crippen LogP contribution in [0.2, 0.25) is 0 Å². The van der Waals surface area contributed by atoms with Crippen LogP contribution in [0.25, 0.3) is 0 Å². The number of hydrogen-bond donors (Lipinski definition) is 0. The molecule has 0 fully saturated rings. The van der Waals surface area contributed by atoms with Gasteiger partial charge in [-0.15, -0.1) is 0 Å². The van der Waals surface area contributed by atoms with Crippen LogP contribution in [0.5, 0.6) is 17.2 Å². The van der Waals surface area contributed by atoms with Crippen molar-refractivity contribution in [1.82, 2.24) is 0 Å². The topological polar surface area (TPSA) is 78.7 Å². The van der Waals surface area contributed by atoms with E-state index < -0.39 is 4.92 Å². The number of aldehydes is 1. The average molecular weight is 273 g/mol. The predicted molar refractivity (Wildman–Crippen MR) is 71.6 cm³/mol. The first kappa shape index (κ1) is 13.5. The number of hydrogen-bond acceptors (Lipinski definition) is 5. The van der Waals surface area contributed by atoms with Crippen molar-refractivity contribution in [1.29, 1.82) is 0 Å². The molecule has 6 nitrogen and oxygen atoms in total. The first-order valence-electron chi connectivity index (χ1n) is 5.70. The molecule has 0 heterocycles. The van der Waals surface area contributed by atoms with Crippen LogP contribution in [0.4, 0.5) is 5.69 Å². The Balaban J connectivity index is 2.37. The van der Waals surface area contributed by atoms with E-state index in [2.05, 4.69) is 0 Å². The van der Waals surface area contributed by atoms with Gasteiger partial charge in [0.1, 0.15) is 11.5 Å². The maximum atomic E-state index is 10.9. The average Bonchev–Trinajstić information content (AvgIpc) is 2.47. The van der Waals surface area contributed by atoms with Gasteiger partial charge in [0, 0.05) is 0 Å². The molecule has 0 aliphatic carbocycles. The molecule has 2 rings (SSSR count). The summed E-state index contributed by atoms with van der Waals surface area (Å²) in [6, 6.07) is 10.8. The summed E-state index contributed by atoms with van der Waals surface area (Å²) in [4.78, 5) is 21.2. The second-order valence-corrected chi connectivity index (χ2v) is 3.85. The lowest BCUT2D eigenvalue weighted by molar-refractivity contribution is -0.385. The second-order valence-electron chi connectivity index (χ2n) is 3.85. The number of ether oxygens (including phenoxy) is 2. The van der Waals surface area contributed by atoms with Crippen molar-refractivity contribution in [2.45, 2.75) is 0 Å². The highest BCUT2D eigenvalue weighted by Crippen LogP contribution is 2.33. The highest BCUT2D eigenvalue weighted by Gasteiger charge is 2.16. The fourth-order valence-electron chi connectivity index (χ4n) is 1.67. The summed E-state index contributed by atoms with van der Waals surface area (Å²) in [6.45, 7) is 0. The number of nitro benzene ring substituents is 1. The lowest BCUT2D eigenvalue weighted by Gasteiger charge is -2.08. The van der Waals surface area contributed by atoms with Crippen LogP contribution in [0.3, 0.4) is 0 Å². The number of benzene rings is 2. The number of carbonyl (C=O) groups excluding carboxylic acids is 1. The van der Waals surface area contributed by atoms with Gasteiger partial charge in [-0.3, -0.25) is 14.9 Å². The Morgan fingerprint density at radius 2 is 1.90 bits per heavy atom. The molecule has 0 aliphatic heterocycles. The molecule has 0 bridgehead atoms. The van der Waals surface area contributed by atoms with Crippen LogP contribution in [0.15, 0.2) is 42.5 Å². The van der Waals surface area contributed by atoms with Crippen LogP contribution in [-0.2, 0) is 0 Å². The molecule has 0 aliphatic rings. The van der Waals surface area contributed by atoms with E-state index in [0.29, 0.717) is 17.6 Å². The van der Waals surface area contributed by atoms with Crippen LogP contribution in [0.1, 0.15) is 10.4 Å². The molecule has 0 spiro atoms. The summed E-state index contributed by atoms with van der Waals surface area (Å²) in [5, 5.41) is 10.9. The molecule has 0 saturated heterocycles. The van der Waals surface area contributed by atoms with Crippen molar-refractivity contribution in [2.75, 3.05) is 7.11 Å². The zero-order valence-corrected chi connectivity index (χ0v) is 10.6. The summed E-state index contributed by atoms with van der Waals surface area (Å²) in [7, 11) is 1.35. The SMILES string of the molecule is COc1ccc(Oc2ccccc2C=O)cc1[N+](=O)[O-]. The standard InChI is InChI=1S/C14H11NO5/c1-19-14-7-6-11(8-12(14)15(17)18)20-13-5-3-2-4-10(13)9-16/h2-9H,1H3. The van der Waals surface area contributed by atoms with E-state index in [1.807, 2.05) is 0 Å². The Bertz CT molecular complexity index is 654. The van der Waals surface area contributed by atoms with E-state index in [4.69, 9.17) is 9.47 Å². The van der Waals surface area contributed by atoms with Gasteiger partial charge < -0.3 is 9.47 Å². The van der Waals surface area contributed by atoms with Crippen molar-refractivity contribution < 1.29 is 19.2 Å². The lowest BCUT2D eigenvalue weighted by atomic mass is 10.2. The Hall–Kier alpha value is -2.89. The number of para-hydroxylation sites is 1. The van der Waals surface area contributed by atoms with Gasteiger partial charge in [0.15, 0.2) is 12.0 Å². The van der Waals surface area contributed by atoms with E-state index in [-0.39, 0.29) is 17.2 Å². The highest BCUT2D eigenvalue weighted by molar-refractivity contribution is 5.79. The van der Waals surface area contributed by atoms with E-state index in [1.54, 1.807) is 24.3 Å². The van der Waals surface area contributed by atoms with Crippen molar-refractivity contribution >= 4 is 12.0 Å². The molecular weight excluding hydrogens is 262 g/mol. The van der Waals surface area contributed by atoms with Gasteiger partial charge in [-0.25, -0.2) is 0 Å². The maximum absolute atomic E-state index is 10.9. The third-order valence-corrected chi connectivity index (χ3v) is 2.62. The van der Waals surface area contributed by atoms with E-state index in [9.17, 15) is 14.9 Å². The number of nitrogens with zero attached hydrogens (tertiary/aromatic N) is 1. The van der Waals surface area contributed by atoms with Gasteiger partial charge in [0.2, 0.25) is 0 Å². The molecule has 0 unspecified atom stereocenters. The van der Waals surface area contributed by atoms with Crippen LogP contribution >= 0.6 is 0 Å². The number of nitro groups is 1. The minimum absolute atomic E-state index is 0.144. The molecule has 0 radical (unpaired) electrons. The zero-order chi connectivity index (χ0) is 14.5. The first-order valence-corrected chi connectivity index (χ1v) is 5.70. The van der Waals surface area contributed by atoms with Crippen molar-refractivity contribution in [3.8, 4) is 17.2 Å². The van der Waals surface area contributed by atoms with Gasteiger partial charge in [0.05, 0.1) is 23.7 Å². The fraction of sp³-hybridized carbons (Fsp3) is 0.0714. The third kappa shape index (κ3) is 2.74. The van der Waals surface area contributed by atoms with E-state index in [1.165, 1.54) is 25.3 Å². The van der Waals surface area contributed by atoms with Gasteiger partial charge in [-0.1, -0.05) is 12.1 Å². The molecular formula is C14H11NO5. The zero-order valence-electron chi connectivity index (χ0n) is 10.6. The van der Waals surface area contributed by atoms with E-state index in [0.717, 1.165) is 0 Å². The minimum Gasteiger partial charge on any atom is -0.490 e. The molecule has 6 heteroatoms. The first-order chi connectivity index (χ1) is 9.65. The summed E-state index contributed by atoms with van der Waals surface area (Å²) < 4.78 is 10.4. The molecule has 0 N–H and O–H groups in total. The molecule has 20 heavy (non-hydrogen) atoms. The molecule has 102 valence electrons.